The minimum atomic E-state index is -1.66. The van der Waals surface area contributed by atoms with Gasteiger partial charge < -0.3 is 19.5 Å². The van der Waals surface area contributed by atoms with Crippen LogP contribution < -0.4 is 5.32 Å². The van der Waals surface area contributed by atoms with E-state index in [0.717, 1.165) is 33.5 Å². The Morgan fingerprint density at radius 2 is 1.62 bits per heavy atom. The standard InChI is InChI=1S/C16H17F2NO7/c1-24-12(20)7-10(15(22)25-2)13(16(23)26-3)19-14(21)9-5-4-8(17)6-11(9)18/h4-6,10,13H,7H2,1-3H3,(H,19,21)/t10-,13+/m1/s1. The zero-order valence-electron chi connectivity index (χ0n) is 14.2. The zero-order valence-corrected chi connectivity index (χ0v) is 14.2. The monoisotopic (exact) mass is 373 g/mol. The lowest BCUT2D eigenvalue weighted by atomic mass is 9.95. The molecule has 10 heteroatoms. The van der Waals surface area contributed by atoms with Crippen molar-refractivity contribution in [2.75, 3.05) is 21.3 Å². The van der Waals surface area contributed by atoms with E-state index in [1.807, 2.05) is 0 Å². The lowest BCUT2D eigenvalue weighted by molar-refractivity contribution is -0.158. The maximum atomic E-state index is 13.7. The van der Waals surface area contributed by atoms with E-state index in [1.165, 1.54) is 0 Å². The molecule has 0 saturated carbocycles. The second-order valence-electron chi connectivity index (χ2n) is 5.01. The predicted octanol–water partition coefficient (Wildman–Crippen LogP) is 0.588. The number of benzene rings is 1. The number of rotatable bonds is 7. The Morgan fingerprint density at radius 1 is 1.00 bits per heavy atom. The molecule has 1 rings (SSSR count). The number of hydrogen-bond acceptors (Lipinski definition) is 7. The van der Waals surface area contributed by atoms with Gasteiger partial charge in [-0.2, -0.15) is 0 Å². The van der Waals surface area contributed by atoms with Gasteiger partial charge in [-0.05, 0) is 12.1 Å². The Labute approximate surface area is 147 Å². The first kappa shape index (κ1) is 21.0. The second kappa shape index (κ2) is 9.44. The van der Waals surface area contributed by atoms with Gasteiger partial charge in [-0.25, -0.2) is 13.6 Å². The van der Waals surface area contributed by atoms with E-state index in [1.54, 1.807) is 0 Å². The topological polar surface area (TPSA) is 108 Å². The number of ether oxygens (including phenoxy) is 3. The third-order valence-corrected chi connectivity index (χ3v) is 3.44. The molecule has 0 saturated heterocycles. The fourth-order valence-electron chi connectivity index (χ4n) is 2.09. The Kier molecular flexibility index (Phi) is 7.63. The van der Waals surface area contributed by atoms with Crippen LogP contribution >= 0.6 is 0 Å². The molecule has 1 amide bonds. The molecule has 1 N–H and O–H groups in total. The van der Waals surface area contributed by atoms with Crippen LogP contribution in [0.3, 0.4) is 0 Å². The Morgan fingerprint density at radius 3 is 2.12 bits per heavy atom. The Hall–Kier alpha value is -3.04. The van der Waals surface area contributed by atoms with E-state index in [0.29, 0.717) is 6.07 Å². The Balaban J connectivity index is 3.17. The number of hydrogen-bond donors (Lipinski definition) is 1. The van der Waals surface area contributed by atoms with Crippen molar-refractivity contribution in [1.29, 1.82) is 0 Å². The van der Waals surface area contributed by atoms with Crippen molar-refractivity contribution in [1.82, 2.24) is 5.32 Å². The smallest absolute Gasteiger partial charge is 0.329 e. The first-order valence-electron chi connectivity index (χ1n) is 7.23. The molecule has 142 valence electrons. The lowest BCUT2D eigenvalue weighted by Gasteiger charge is -2.23. The first-order valence-corrected chi connectivity index (χ1v) is 7.23. The molecule has 0 unspecified atom stereocenters. The lowest BCUT2D eigenvalue weighted by Crippen LogP contribution is -2.50. The van der Waals surface area contributed by atoms with Crippen LogP contribution in [0.5, 0.6) is 0 Å². The molecule has 1 aromatic carbocycles. The van der Waals surface area contributed by atoms with Crippen LogP contribution in [0.25, 0.3) is 0 Å². The van der Waals surface area contributed by atoms with Gasteiger partial charge in [0.05, 0.1) is 39.2 Å². The molecule has 0 fully saturated rings. The fourth-order valence-corrected chi connectivity index (χ4v) is 2.09. The highest BCUT2D eigenvalue weighted by Gasteiger charge is 2.39. The zero-order chi connectivity index (χ0) is 19.9. The molecule has 8 nitrogen and oxygen atoms in total. The van der Waals surface area contributed by atoms with E-state index in [2.05, 4.69) is 19.5 Å². The summed E-state index contributed by atoms with van der Waals surface area (Å²) in [6, 6.07) is 0.525. The van der Waals surface area contributed by atoms with Crippen LogP contribution in [0.4, 0.5) is 8.78 Å². The van der Waals surface area contributed by atoms with Crippen molar-refractivity contribution in [2.45, 2.75) is 12.5 Å². The highest BCUT2D eigenvalue weighted by Crippen LogP contribution is 2.16. The van der Waals surface area contributed by atoms with Gasteiger partial charge in [-0.15, -0.1) is 0 Å². The molecule has 0 radical (unpaired) electrons. The van der Waals surface area contributed by atoms with Crippen molar-refractivity contribution >= 4 is 23.8 Å². The largest absolute Gasteiger partial charge is 0.469 e. The molecule has 0 aliphatic heterocycles. The van der Waals surface area contributed by atoms with Gasteiger partial charge in [0.1, 0.15) is 17.7 Å². The number of amides is 1. The van der Waals surface area contributed by atoms with Crippen molar-refractivity contribution in [3.63, 3.8) is 0 Å². The average molecular weight is 373 g/mol. The van der Waals surface area contributed by atoms with Gasteiger partial charge in [-0.1, -0.05) is 0 Å². The van der Waals surface area contributed by atoms with Crippen LogP contribution in [0.2, 0.25) is 0 Å². The third kappa shape index (κ3) is 5.23. The van der Waals surface area contributed by atoms with Crippen molar-refractivity contribution in [3.8, 4) is 0 Å². The molecule has 26 heavy (non-hydrogen) atoms. The quantitative estimate of drug-likeness (QED) is 0.550. The highest BCUT2D eigenvalue weighted by atomic mass is 19.1. The number of carbonyl (C=O) groups is 4. The number of nitrogens with one attached hydrogen (secondary N) is 1. The number of methoxy groups -OCH3 is 3. The highest BCUT2D eigenvalue weighted by molar-refractivity contribution is 5.98. The van der Waals surface area contributed by atoms with Crippen molar-refractivity contribution in [3.05, 3.63) is 35.4 Å². The average Bonchev–Trinajstić information content (AvgIpc) is 2.62. The number of halogens is 2. The summed E-state index contributed by atoms with van der Waals surface area (Å²) in [6.07, 6.45) is -0.602. The van der Waals surface area contributed by atoms with Crippen LogP contribution in [-0.4, -0.2) is 51.2 Å². The van der Waals surface area contributed by atoms with E-state index < -0.39 is 59.4 Å². The van der Waals surface area contributed by atoms with E-state index in [4.69, 9.17) is 0 Å². The molecule has 0 aliphatic rings. The van der Waals surface area contributed by atoms with Crippen molar-refractivity contribution in [2.24, 2.45) is 5.92 Å². The van der Waals surface area contributed by atoms with Gasteiger partial charge in [-0.3, -0.25) is 14.4 Å². The summed E-state index contributed by atoms with van der Waals surface area (Å²) in [4.78, 5) is 47.7. The number of carbonyl (C=O) groups excluding carboxylic acids is 4. The molecule has 0 aliphatic carbocycles. The van der Waals surface area contributed by atoms with E-state index >= 15 is 0 Å². The third-order valence-electron chi connectivity index (χ3n) is 3.44. The van der Waals surface area contributed by atoms with E-state index in [-0.39, 0.29) is 0 Å². The van der Waals surface area contributed by atoms with Crippen LogP contribution in [0.15, 0.2) is 18.2 Å². The maximum absolute atomic E-state index is 13.7. The molecule has 0 aromatic heterocycles. The maximum Gasteiger partial charge on any atom is 0.329 e. The molecule has 0 bridgehead atoms. The van der Waals surface area contributed by atoms with Gasteiger partial charge in [0, 0.05) is 6.07 Å². The second-order valence-corrected chi connectivity index (χ2v) is 5.01. The molecular formula is C16H17F2NO7. The van der Waals surface area contributed by atoms with Crippen LogP contribution in [-0.2, 0) is 28.6 Å². The summed E-state index contributed by atoms with van der Waals surface area (Å²) >= 11 is 0. The van der Waals surface area contributed by atoms with Crippen LogP contribution in [0, 0.1) is 17.6 Å². The molecule has 2 atom stereocenters. The van der Waals surface area contributed by atoms with Gasteiger partial charge in [0.2, 0.25) is 0 Å². The molecule has 0 heterocycles. The van der Waals surface area contributed by atoms with Gasteiger partial charge in [0.15, 0.2) is 0 Å². The summed E-state index contributed by atoms with van der Waals surface area (Å²) in [6.45, 7) is 0. The summed E-state index contributed by atoms with van der Waals surface area (Å²) < 4.78 is 40.2. The molecular weight excluding hydrogens is 356 g/mol. The first-order chi connectivity index (χ1) is 12.2. The number of esters is 3. The fraction of sp³-hybridized carbons (Fsp3) is 0.375. The predicted molar refractivity (Wildman–Crippen MR) is 81.8 cm³/mol. The minimum Gasteiger partial charge on any atom is -0.469 e. The molecule has 0 spiro atoms. The summed E-state index contributed by atoms with van der Waals surface area (Å²) in [5.41, 5.74) is -0.568. The van der Waals surface area contributed by atoms with Crippen molar-refractivity contribution < 1.29 is 42.2 Å². The summed E-state index contributed by atoms with van der Waals surface area (Å²) in [7, 11) is 3.07. The SMILES string of the molecule is COC(=O)C[C@@H](C(=O)OC)[C@H](NC(=O)c1ccc(F)cc1F)C(=O)OC. The minimum absolute atomic E-state index is 0.480. The van der Waals surface area contributed by atoms with Crippen LogP contribution in [0.1, 0.15) is 16.8 Å². The van der Waals surface area contributed by atoms with E-state index in [9.17, 15) is 28.0 Å². The van der Waals surface area contributed by atoms with Gasteiger partial charge >= 0.3 is 17.9 Å². The Bertz CT molecular complexity index is 708. The van der Waals surface area contributed by atoms with Gasteiger partial charge in [0.25, 0.3) is 5.91 Å². The molecule has 1 aromatic rings. The summed E-state index contributed by atoms with van der Waals surface area (Å²) in [5, 5.41) is 2.10. The normalized spacial score (nSPS) is 12.5. The summed E-state index contributed by atoms with van der Waals surface area (Å²) in [5.74, 6) is -7.58.